The molecule has 0 aliphatic heterocycles. The van der Waals surface area contributed by atoms with Gasteiger partial charge in [-0.25, -0.2) is 4.79 Å². The zero-order valence-electron chi connectivity index (χ0n) is 9.11. The highest BCUT2D eigenvalue weighted by Crippen LogP contribution is 2.09. The lowest BCUT2D eigenvalue weighted by Crippen LogP contribution is -2.03. The summed E-state index contributed by atoms with van der Waals surface area (Å²) in [7, 11) is 0. The van der Waals surface area contributed by atoms with Crippen LogP contribution in [0.3, 0.4) is 0 Å². The highest BCUT2D eigenvalue weighted by atomic mass is 16.4. The van der Waals surface area contributed by atoms with Crippen molar-refractivity contribution in [3.63, 3.8) is 0 Å². The Labute approximate surface area is 88.9 Å². The van der Waals surface area contributed by atoms with Crippen molar-refractivity contribution in [3.05, 3.63) is 18.0 Å². The molecule has 1 heterocycles. The summed E-state index contributed by atoms with van der Waals surface area (Å²) in [5.41, 5.74) is 0.00976. The van der Waals surface area contributed by atoms with Crippen molar-refractivity contribution in [2.45, 2.75) is 27.3 Å². The molecule has 0 aliphatic carbocycles. The Kier molecular flexibility index (Phi) is 3.15. The lowest BCUT2D eigenvalue weighted by molar-refractivity contribution is 0.0689. The maximum absolute atomic E-state index is 10.5. The van der Waals surface area contributed by atoms with Crippen LogP contribution in [0.2, 0.25) is 0 Å². The van der Waals surface area contributed by atoms with E-state index in [4.69, 9.17) is 5.11 Å². The molecule has 4 heteroatoms. The van der Waals surface area contributed by atoms with Crippen LogP contribution in [0.4, 0.5) is 0 Å². The summed E-state index contributed by atoms with van der Waals surface area (Å²) in [6.07, 6.45) is 1.61. The molecule has 1 rings (SSSR count). The molecular weight excluding hydrogens is 192 g/mol. The van der Waals surface area contributed by atoms with Gasteiger partial charge in [-0.15, -0.1) is 0 Å². The Morgan fingerprint density at radius 1 is 1.60 bits per heavy atom. The molecule has 80 valence electrons. The maximum Gasteiger partial charge on any atom is 0.356 e. The van der Waals surface area contributed by atoms with Crippen molar-refractivity contribution < 1.29 is 9.90 Å². The van der Waals surface area contributed by atoms with E-state index < -0.39 is 5.97 Å². The van der Waals surface area contributed by atoms with E-state index in [0.29, 0.717) is 6.54 Å². The van der Waals surface area contributed by atoms with Gasteiger partial charge in [0.25, 0.3) is 0 Å². The quantitative estimate of drug-likeness (QED) is 0.748. The molecule has 1 N–H and O–H groups in total. The molecule has 0 radical (unpaired) electrons. The van der Waals surface area contributed by atoms with E-state index in [9.17, 15) is 4.79 Å². The zero-order valence-corrected chi connectivity index (χ0v) is 9.11. The van der Waals surface area contributed by atoms with E-state index in [1.54, 1.807) is 6.20 Å². The summed E-state index contributed by atoms with van der Waals surface area (Å²) < 4.78 is 1.52. The second-order valence-electron chi connectivity index (χ2n) is 4.26. The Balaban J connectivity index is 2.65. The van der Waals surface area contributed by atoms with Crippen molar-refractivity contribution in [2.24, 2.45) is 5.41 Å². The molecule has 0 saturated carbocycles. The van der Waals surface area contributed by atoms with E-state index in [2.05, 4.69) is 16.9 Å². The first-order valence-electron chi connectivity index (χ1n) is 4.65. The molecule has 4 nitrogen and oxygen atoms in total. The van der Waals surface area contributed by atoms with Gasteiger partial charge in [0.05, 0.1) is 0 Å². The molecule has 0 aromatic carbocycles. The zero-order chi connectivity index (χ0) is 11.5. The van der Waals surface area contributed by atoms with Gasteiger partial charge in [0, 0.05) is 11.6 Å². The third-order valence-electron chi connectivity index (χ3n) is 1.56. The normalized spacial score (nSPS) is 10.6. The number of carbonyl (C=O) groups is 1. The molecule has 0 saturated heterocycles. The lowest BCUT2D eigenvalue weighted by Gasteiger charge is -2.06. The summed E-state index contributed by atoms with van der Waals surface area (Å²) in [4.78, 5) is 10.5. The lowest BCUT2D eigenvalue weighted by atomic mass is 9.98. The van der Waals surface area contributed by atoms with Crippen LogP contribution in [0.5, 0.6) is 0 Å². The molecule has 1 aromatic heterocycles. The van der Waals surface area contributed by atoms with Crippen molar-refractivity contribution in [1.29, 1.82) is 0 Å². The maximum atomic E-state index is 10.5. The third kappa shape index (κ3) is 3.86. The van der Waals surface area contributed by atoms with Gasteiger partial charge in [-0.05, 0) is 26.8 Å². The van der Waals surface area contributed by atoms with E-state index in [0.717, 1.165) is 0 Å². The number of aromatic carboxylic acids is 1. The fourth-order valence-corrected chi connectivity index (χ4v) is 0.950. The van der Waals surface area contributed by atoms with Crippen molar-refractivity contribution in [2.75, 3.05) is 0 Å². The molecule has 0 unspecified atom stereocenters. The van der Waals surface area contributed by atoms with Crippen LogP contribution in [-0.4, -0.2) is 20.9 Å². The number of rotatable bonds is 2. The monoisotopic (exact) mass is 206 g/mol. The molecule has 0 amide bonds. The molecule has 0 bridgehead atoms. The van der Waals surface area contributed by atoms with E-state index in [-0.39, 0.29) is 11.1 Å². The van der Waals surface area contributed by atoms with Crippen LogP contribution in [-0.2, 0) is 6.54 Å². The topological polar surface area (TPSA) is 55.1 Å². The second kappa shape index (κ2) is 4.18. The fraction of sp³-hybridized carbons (Fsp3) is 0.455. The molecule has 1 aromatic rings. The molecule has 0 atom stereocenters. The first-order chi connectivity index (χ1) is 6.88. The number of nitrogens with zero attached hydrogens (tertiary/aromatic N) is 2. The predicted molar refractivity (Wildman–Crippen MR) is 56.4 cm³/mol. The average Bonchev–Trinajstić information content (AvgIpc) is 2.50. The van der Waals surface area contributed by atoms with Gasteiger partial charge in [0.15, 0.2) is 5.69 Å². The molecule has 0 fully saturated rings. The Morgan fingerprint density at radius 3 is 2.73 bits per heavy atom. The van der Waals surface area contributed by atoms with Gasteiger partial charge in [0.1, 0.15) is 6.54 Å². The Morgan fingerprint density at radius 2 is 2.27 bits per heavy atom. The SMILES string of the molecule is CC(C)(C)C#CCn1ccc(C(=O)O)n1. The minimum Gasteiger partial charge on any atom is -0.476 e. The van der Waals surface area contributed by atoms with Crippen LogP contribution >= 0.6 is 0 Å². The largest absolute Gasteiger partial charge is 0.476 e. The van der Waals surface area contributed by atoms with E-state index in [1.807, 2.05) is 20.8 Å². The number of hydrogen-bond donors (Lipinski definition) is 1. The summed E-state index contributed by atoms with van der Waals surface area (Å²) in [6.45, 7) is 6.48. The van der Waals surface area contributed by atoms with Crippen molar-refractivity contribution >= 4 is 5.97 Å². The second-order valence-corrected chi connectivity index (χ2v) is 4.26. The molecule has 15 heavy (non-hydrogen) atoms. The predicted octanol–water partition coefficient (Wildman–Crippen LogP) is 1.63. The summed E-state index contributed by atoms with van der Waals surface area (Å²) in [5.74, 6) is 4.99. The highest BCUT2D eigenvalue weighted by Gasteiger charge is 2.06. The number of hydrogen-bond acceptors (Lipinski definition) is 2. The highest BCUT2D eigenvalue weighted by molar-refractivity contribution is 5.85. The van der Waals surface area contributed by atoms with E-state index >= 15 is 0 Å². The standard InChI is InChI=1S/C11H14N2O2/c1-11(2,3)6-4-7-13-8-5-9(12-13)10(14)15/h5,8H,7H2,1-3H3,(H,14,15). The summed E-state index contributed by atoms with van der Waals surface area (Å²) in [5, 5.41) is 12.5. The third-order valence-corrected chi connectivity index (χ3v) is 1.56. The minimum atomic E-state index is -1.02. The van der Waals surface area contributed by atoms with Crippen molar-refractivity contribution in [1.82, 2.24) is 9.78 Å². The number of aromatic nitrogens is 2. The first kappa shape index (κ1) is 11.3. The molecular formula is C11H14N2O2. The van der Waals surface area contributed by atoms with Gasteiger partial charge < -0.3 is 5.11 Å². The van der Waals surface area contributed by atoms with Crippen molar-refractivity contribution in [3.8, 4) is 11.8 Å². The van der Waals surface area contributed by atoms with Gasteiger partial charge in [0.2, 0.25) is 0 Å². The van der Waals surface area contributed by atoms with Gasteiger partial charge in [-0.3, -0.25) is 4.68 Å². The van der Waals surface area contributed by atoms with Crippen LogP contribution in [0, 0.1) is 17.3 Å². The van der Waals surface area contributed by atoms with Gasteiger partial charge in [-0.2, -0.15) is 5.10 Å². The number of carboxylic acids is 1. The summed E-state index contributed by atoms with van der Waals surface area (Å²) in [6, 6.07) is 1.46. The van der Waals surface area contributed by atoms with Crippen LogP contribution in [0.1, 0.15) is 31.3 Å². The van der Waals surface area contributed by atoms with Crippen LogP contribution in [0.25, 0.3) is 0 Å². The van der Waals surface area contributed by atoms with E-state index in [1.165, 1.54) is 10.7 Å². The summed E-state index contributed by atoms with van der Waals surface area (Å²) >= 11 is 0. The van der Waals surface area contributed by atoms with Gasteiger partial charge in [-0.1, -0.05) is 11.8 Å². The van der Waals surface area contributed by atoms with Crippen LogP contribution < -0.4 is 0 Å². The molecule has 0 aliphatic rings. The fourth-order valence-electron chi connectivity index (χ4n) is 0.950. The van der Waals surface area contributed by atoms with Gasteiger partial charge >= 0.3 is 5.97 Å². The first-order valence-corrected chi connectivity index (χ1v) is 4.65. The Bertz CT molecular complexity index is 416. The average molecular weight is 206 g/mol. The smallest absolute Gasteiger partial charge is 0.356 e. The number of carboxylic acid groups (broad SMARTS) is 1. The molecule has 0 spiro atoms. The Hall–Kier alpha value is -1.76. The minimum absolute atomic E-state index is 0.0389. The van der Waals surface area contributed by atoms with Crippen LogP contribution in [0.15, 0.2) is 12.3 Å².